The molecule has 1 heterocycles. The quantitative estimate of drug-likeness (QED) is 0.431. The van der Waals surface area contributed by atoms with E-state index < -0.39 is 11.7 Å². The number of aromatic nitrogens is 2. The zero-order valence-corrected chi connectivity index (χ0v) is 16.4. The summed E-state index contributed by atoms with van der Waals surface area (Å²) in [5.74, 6) is 0.676. The van der Waals surface area contributed by atoms with Crippen molar-refractivity contribution in [1.82, 2.24) is 9.78 Å². The predicted octanol–water partition coefficient (Wildman–Crippen LogP) is 5.58. The van der Waals surface area contributed by atoms with Gasteiger partial charge in [-0.2, -0.15) is 18.3 Å². The highest BCUT2D eigenvalue weighted by atomic mass is 19.4. The minimum atomic E-state index is -4.38. The molecule has 0 amide bonds. The Hall–Kier alpha value is -3.87. The Balaban J connectivity index is 1.79. The SMILES string of the molecule is COc1ccc(-n2nc(/C=C/c3ccc(C(F)(F)F)cc3)c3ccccc(=O)c32)cc1. The molecule has 0 aliphatic rings. The molecule has 0 spiro atoms. The third-order valence-corrected chi connectivity index (χ3v) is 4.79. The van der Waals surface area contributed by atoms with E-state index in [0.717, 1.165) is 12.1 Å². The molecule has 7 heteroatoms. The van der Waals surface area contributed by atoms with Crippen LogP contribution in [-0.2, 0) is 6.18 Å². The summed E-state index contributed by atoms with van der Waals surface area (Å²) in [6.07, 6.45) is -1.03. The molecule has 0 fully saturated rings. The number of rotatable bonds is 4. The fraction of sp³-hybridized carbons (Fsp3) is 0.0833. The number of ether oxygens (including phenoxy) is 1. The van der Waals surface area contributed by atoms with Gasteiger partial charge < -0.3 is 4.74 Å². The van der Waals surface area contributed by atoms with E-state index in [-0.39, 0.29) is 5.43 Å². The summed E-state index contributed by atoms with van der Waals surface area (Å²) < 4.78 is 45.0. The van der Waals surface area contributed by atoms with Gasteiger partial charge in [0.05, 0.1) is 24.1 Å². The van der Waals surface area contributed by atoms with E-state index in [1.165, 1.54) is 18.2 Å². The summed E-state index contributed by atoms with van der Waals surface area (Å²) in [5.41, 5.74) is 1.30. The van der Waals surface area contributed by atoms with Crippen molar-refractivity contribution < 1.29 is 17.9 Å². The van der Waals surface area contributed by atoms with E-state index in [1.807, 2.05) is 0 Å². The standard InChI is InChI=1S/C24H17F3N2O2/c1-31-19-13-11-18(12-14-19)29-23-20(4-2-3-5-22(23)30)21(28-29)15-8-16-6-9-17(10-7-16)24(25,26)27/h2-15H,1H3/b15-8+. The maximum Gasteiger partial charge on any atom is 0.416 e. The van der Waals surface area contributed by atoms with Crippen molar-refractivity contribution in [2.75, 3.05) is 7.11 Å². The van der Waals surface area contributed by atoms with Crippen LogP contribution in [-0.4, -0.2) is 16.9 Å². The first-order valence-electron chi connectivity index (χ1n) is 9.39. The lowest BCUT2D eigenvalue weighted by Crippen LogP contribution is -2.05. The van der Waals surface area contributed by atoms with Crippen LogP contribution in [0.3, 0.4) is 0 Å². The number of methoxy groups -OCH3 is 1. The Morgan fingerprint density at radius 3 is 2.23 bits per heavy atom. The molecule has 31 heavy (non-hydrogen) atoms. The first-order valence-corrected chi connectivity index (χ1v) is 9.39. The van der Waals surface area contributed by atoms with Crippen LogP contribution in [0.25, 0.3) is 28.7 Å². The normalized spacial score (nSPS) is 11.9. The van der Waals surface area contributed by atoms with Gasteiger partial charge in [0, 0.05) is 5.39 Å². The lowest BCUT2D eigenvalue weighted by molar-refractivity contribution is -0.137. The van der Waals surface area contributed by atoms with Gasteiger partial charge in [0.2, 0.25) is 5.43 Å². The van der Waals surface area contributed by atoms with Gasteiger partial charge in [0.1, 0.15) is 11.3 Å². The maximum atomic E-state index is 12.8. The van der Waals surface area contributed by atoms with E-state index in [1.54, 1.807) is 66.4 Å². The molecular formula is C24H17F3N2O2. The third-order valence-electron chi connectivity index (χ3n) is 4.79. The van der Waals surface area contributed by atoms with Crippen LogP contribution >= 0.6 is 0 Å². The van der Waals surface area contributed by atoms with Crippen LogP contribution in [0, 0.1) is 0 Å². The van der Waals surface area contributed by atoms with Crippen molar-refractivity contribution in [1.29, 1.82) is 0 Å². The molecule has 0 bridgehead atoms. The Bertz CT molecular complexity index is 1310. The van der Waals surface area contributed by atoms with Gasteiger partial charge in [0.15, 0.2) is 0 Å². The second kappa shape index (κ2) is 8.10. The van der Waals surface area contributed by atoms with Gasteiger partial charge in [-0.05, 0) is 54.1 Å². The summed E-state index contributed by atoms with van der Waals surface area (Å²) in [4.78, 5) is 12.7. The number of fused-ring (bicyclic) bond motifs is 1. The number of nitrogens with zero attached hydrogens (tertiary/aromatic N) is 2. The summed E-state index contributed by atoms with van der Waals surface area (Å²) in [5, 5.41) is 5.22. The number of hydrogen-bond acceptors (Lipinski definition) is 3. The molecule has 0 N–H and O–H groups in total. The van der Waals surface area contributed by atoms with Crippen molar-refractivity contribution in [2.45, 2.75) is 6.18 Å². The Morgan fingerprint density at radius 1 is 0.903 bits per heavy atom. The smallest absolute Gasteiger partial charge is 0.416 e. The van der Waals surface area contributed by atoms with E-state index >= 15 is 0 Å². The first-order chi connectivity index (χ1) is 14.9. The number of benzene rings is 2. The van der Waals surface area contributed by atoms with Gasteiger partial charge in [0.25, 0.3) is 0 Å². The molecule has 0 saturated heterocycles. The molecule has 3 aromatic carbocycles. The van der Waals surface area contributed by atoms with Gasteiger partial charge >= 0.3 is 6.18 Å². The molecule has 1 aromatic heterocycles. The number of hydrogen-bond donors (Lipinski definition) is 0. The summed E-state index contributed by atoms with van der Waals surface area (Å²) in [7, 11) is 1.57. The fourth-order valence-electron chi connectivity index (χ4n) is 3.21. The number of halogens is 3. The van der Waals surface area contributed by atoms with Crippen LogP contribution in [0.2, 0.25) is 0 Å². The average Bonchev–Trinajstić information content (AvgIpc) is 3.02. The van der Waals surface area contributed by atoms with E-state index in [0.29, 0.717) is 33.6 Å². The van der Waals surface area contributed by atoms with E-state index in [4.69, 9.17) is 4.74 Å². The maximum absolute atomic E-state index is 12.8. The topological polar surface area (TPSA) is 44.1 Å². The highest BCUT2D eigenvalue weighted by molar-refractivity contribution is 5.90. The van der Waals surface area contributed by atoms with Crippen LogP contribution in [0.15, 0.2) is 77.6 Å². The van der Waals surface area contributed by atoms with Crippen molar-refractivity contribution in [3.8, 4) is 11.4 Å². The second-order valence-corrected chi connectivity index (χ2v) is 6.79. The highest BCUT2D eigenvalue weighted by Crippen LogP contribution is 2.29. The lowest BCUT2D eigenvalue weighted by atomic mass is 10.1. The van der Waals surface area contributed by atoms with Crippen LogP contribution in [0.1, 0.15) is 16.8 Å². The molecule has 0 aliphatic carbocycles. The Morgan fingerprint density at radius 2 is 1.58 bits per heavy atom. The molecule has 0 saturated carbocycles. The molecule has 0 unspecified atom stereocenters. The molecule has 0 atom stereocenters. The van der Waals surface area contributed by atoms with Crippen molar-refractivity contribution >= 4 is 23.1 Å². The molecular weight excluding hydrogens is 405 g/mol. The molecule has 156 valence electrons. The molecule has 4 rings (SSSR count). The van der Waals surface area contributed by atoms with Crippen molar-refractivity contribution in [2.24, 2.45) is 0 Å². The molecule has 0 radical (unpaired) electrons. The Kier molecular flexibility index (Phi) is 5.33. The van der Waals surface area contributed by atoms with Gasteiger partial charge in [-0.25, -0.2) is 4.68 Å². The summed E-state index contributed by atoms with van der Waals surface area (Å²) in [6.45, 7) is 0. The second-order valence-electron chi connectivity index (χ2n) is 6.79. The van der Waals surface area contributed by atoms with Gasteiger partial charge in [-0.15, -0.1) is 0 Å². The van der Waals surface area contributed by atoms with E-state index in [9.17, 15) is 18.0 Å². The Labute approximate surface area is 175 Å². The van der Waals surface area contributed by atoms with Crippen LogP contribution < -0.4 is 10.2 Å². The van der Waals surface area contributed by atoms with Gasteiger partial charge in [-0.3, -0.25) is 4.79 Å². The monoisotopic (exact) mass is 422 g/mol. The average molecular weight is 422 g/mol. The highest BCUT2D eigenvalue weighted by Gasteiger charge is 2.29. The third kappa shape index (κ3) is 4.21. The minimum Gasteiger partial charge on any atom is -0.497 e. The lowest BCUT2D eigenvalue weighted by Gasteiger charge is -2.05. The fourth-order valence-corrected chi connectivity index (χ4v) is 3.21. The predicted molar refractivity (Wildman–Crippen MR) is 114 cm³/mol. The number of alkyl halides is 3. The molecule has 4 aromatic rings. The molecule has 0 aliphatic heterocycles. The minimum absolute atomic E-state index is 0.197. The van der Waals surface area contributed by atoms with Gasteiger partial charge in [-0.1, -0.05) is 36.4 Å². The van der Waals surface area contributed by atoms with Crippen molar-refractivity contribution in [3.05, 3.63) is 99.8 Å². The summed E-state index contributed by atoms with van der Waals surface area (Å²) >= 11 is 0. The van der Waals surface area contributed by atoms with Crippen molar-refractivity contribution in [3.63, 3.8) is 0 Å². The summed E-state index contributed by atoms with van der Waals surface area (Å²) in [6, 6.07) is 18.6. The molecule has 4 nitrogen and oxygen atoms in total. The van der Waals surface area contributed by atoms with E-state index in [2.05, 4.69) is 5.10 Å². The van der Waals surface area contributed by atoms with Crippen LogP contribution in [0.5, 0.6) is 5.75 Å². The zero-order chi connectivity index (χ0) is 22.0. The largest absolute Gasteiger partial charge is 0.497 e. The first kappa shape index (κ1) is 20.4. The zero-order valence-electron chi connectivity index (χ0n) is 16.4. The van der Waals surface area contributed by atoms with Crippen LogP contribution in [0.4, 0.5) is 13.2 Å².